The summed E-state index contributed by atoms with van der Waals surface area (Å²) in [6, 6.07) is 0. The zero-order chi connectivity index (χ0) is 10.6. The van der Waals surface area contributed by atoms with Crippen molar-refractivity contribution in [3.8, 4) is 0 Å². The van der Waals surface area contributed by atoms with Crippen LogP contribution in [0.15, 0.2) is 9.32 Å². The van der Waals surface area contributed by atoms with Crippen LogP contribution in [0.2, 0.25) is 0 Å². The highest BCUT2D eigenvalue weighted by atomic mass is 32.2. The summed E-state index contributed by atoms with van der Waals surface area (Å²) in [6.07, 6.45) is 2.11. The van der Waals surface area contributed by atoms with Gasteiger partial charge in [-0.25, -0.2) is 17.9 Å². The van der Waals surface area contributed by atoms with Crippen molar-refractivity contribution >= 4 is 10.0 Å². The lowest BCUT2D eigenvalue weighted by Gasteiger charge is -1.99. The van der Waals surface area contributed by atoms with Crippen molar-refractivity contribution in [1.29, 1.82) is 0 Å². The number of rotatable bonds is 5. The fourth-order valence-electron chi connectivity index (χ4n) is 0.882. The van der Waals surface area contributed by atoms with E-state index in [4.69, 9.17) is 0 Å². The molecular formula is C6H11N3O4S. The topological polar surface area (TPSA) is 105 Å². The van der Waals surface area contributed by atoms with Gasteiger partial charge in [-0.2, -0.15) is 0 Å². The van der Waals surface area contributed by atoms with E-state index in [1.165, 1.54) is 0 Å². The molecule has 14 heavy (non-hydrogen) atoms. The summed E-state index contributed by atoms with van der Waals surface area (Å²) in [4.78, 5) is 12.8. The SMILES string of the molecule is CS(=O)(=O)NCCCc1noc(=O)[nH]1. The number of nitrogens with zero attached hydrogens (tertiary/aromatic N) is 1. The molecule has 1 aromatic rings. The summed E-state index contributed by atoms with van der Waals surface area (Å²) in [7, 11) is -3.14. The van der Waals surface area contributed by atoms with Crippen LogP contribution >= 0.6 is 0 Å². The second-order valence-electron chi connectivity index (χ2n) is 2.81. The summed E-state index contributed by atoms with van der Waals surface area (Å²) >= 11 is 0. The molecule has 7 nitrogen and oxygen atoms in total. The van der Waals surface area contributed by atoms with Gasteiger partial charge in [0.15, 0.2) is 5.82 Å². The molecule has 1 rings (SSSR count). The van der Waals surface area contributed by atoms with Crippen molar-refractivity contribution in [3.63, 3.8) is 0 Å². The van der Waals surface area contributed by atoms with Crippen LogP contribution in [-0.2, 0) is 16.4 Å². The molecule has 0 aliphatic carbocycles. The van der Waals surface area contributed by atoms with Crippen LogP contribution in [0.1, 0.15) is 12.2 Å². The number of H-pyrrole nitrogens is 1. The van der Waals surface area contributed by atoms with E-state index in [2.05, 4.69) is 19.4 Å². The largest absolute Gasteiger partial charge is 0.438 e. The van der Waals surface area contributed by atoms with Crippen LogP contribution in [0.25, 0.3) is 0 Å². The summed E-state index contributed by atoms with van der Waals surface area (Å²) < 4.78 is 27.9. The zero-order valence-electron chi connectivity index (χ0n) is 7.61. The molecule has 0 fully saturated rings. The maximum atomic E-state index is 10.6. The molecule has 0 bridgehead atoms. The number of aromatic nitrogens is 2. The molecule has 1 aromatic heterocycles. The van der Waals surface area contributed by atoms with E-state index in [0.29, 0.717) is 25.2 Å². The molecule has 0 aromatic carbocycles. The Labute approximate surface area is 80.5 Å². The van der Waals surface area contributed by atoms with Crippen LogP contribution < -0.4 is 10.5 Å². The number of sulfonamides is 1. The van der Waals surface area contributed by atoms with Gasteiger partial charge in [0.1, 0.15) is 0 Å². The van der Waals surface area contributed by atoms with Gasteiger partial charge in [-0.3, -0.25) is 9.51 Å². The number of nitrogens with one attached hydrogen (secondary N) is 2. The highest BCUT2D eigenvalue weighted by Crippen LogP contribution is 1.91. The Morgan fingerprint density at radius 3 is 2.79 bits per heavy atom. The third-order valence-corrected chi connectivity index (χ3v) is 2.17. The number of hydrogen-bond acceptors (Lipinski definition) is 5. The molecule has 0 saturated heterocycles. The van der Waals surface area contributed by atoms with Gasteiger partial charge in [-0.15, -0.1) is 0 Å². The van der Waals surface area contributed by atoms with Crippen molar-refractivity contribution in [3.05, 3.63) is 16.4 Å². The monoisotopic (exact) mass is 221 g/mol. The van der Waals surface area contributed by atoms with Gasteiger partial charge in [0.05, 0.1) is 6.26 Å². The molecule has 2 N–H and O–H groups in total. The van der Waals surface area contributed by atoms with E-state index >= 15 is 0 Å². The average Bonchev–Trinajstić information content (AvgIpc) is 2.44. The first kappa shape index (κ1) is 10.9. The predicted molar refractivity (Wildman–Crippen MR) is 48.3 cm³/mol. The Morgan fingerprint density at radius 2 is 2.29 bits per heavy atom. The molecule has 80 valence electrons. The molecule has 0 spiro atoms. The molecule has 1 heterocycles. The lowest BCUT2D eigenvalue weighted by molar-refractivity contribution is 0.380. The van der Waals surface area contributed by atoms with Crippen molar-refractivity contribution in [2.75, 3.05) is 12.8 Å². The zero-order valence-corrected chi connectivity index (χ0v) is 8.43. The lowest BCUT2D eigenvalue weighted by Crippen LogP contribution is -2.23. The van der Waals surface area contributed by atoms with E-state index in [0.717, 1.165) is 6.26 Å². The van der Waals surface area contributed by atoms with Gasteiger partial charge < -0.3 is 0 Å². The standard InChI is InChI=1S/C6H11N3O4S/c1-14(11,12)7-4-2-3-5-8-6(10)13-9-5/h7H,2-4H2,1H3,(H,8,9,10). The summed E-state index contributed by atoms with van der Waals surface area (Å²) in [5.41, 5.74) is 0. The Morgan fingerprint density at radius 1 is 1.57 bits per heavy atom. The predicted octanol–water partition coefficient (Wildman–Crippen LogP) is -1.16. The Hall–Kier alpha value is -1.15. The maximum Gasteiger partial charge on any atom is 0.438 e. The minimum Gasteiger partial charge on any atom is -0.296 e. The first-order valence-electron chi connectivity index (χ1n) is 3.97. The van der Waals surface area contributed by atoms with Crippen LogP contribution in [-0.4, -0.2) is 31.4 Å². The molecule has 0 atom stereocenters. The third kappa shape index (κ3) is 4.19. The normalized spacial score (nSPS) is 11.8. The van der Waals surface area contributed by atoms with Gasteiger partial charge in [0.25, 0.3) is 0 Å². The summed E-state index contributed by atoms with van der Waals surface area (Å²) in [5, 5.41) is 3.43. The fraction of sp³-hybridized carbons (Fsp3) is 0.667. The third-order valence-electron chi connectivity index (χ3n) is 1.44. The summed E-state index contributed by atoms with van der Waals surface area (Å²) in [6.45, 7) is 0.313. The van der Waals surface area contributed by atoms with Gasteiger partial charge in [0, 0.05) is 13.0 Å². The Kier molecular flexibility index (Phi) is 3.42. The smallest absolute Gasteiger partial charge is 0.296 e. The highest BCUT2D eigenvalue weighted by Gasteiger charge is 2.02. The number of aryl methyl sites for hydroxylation is 1. The molecule has 0 unspecified atom stereocenters. The second-order valence-corrected chi connectivity index (χ2v) is 4.64. The van der Waals surface area contributed by atoms with Crippen LogP contribution in [0.3, 0.4) is 0 Å². The van der Waals surface area contributed by atoms with E-state index < -0.39 is 15.8 Å². The van der Waals surface area contributed by atoms with E-state index in [-0.39, 0.29) is 0 Å². The second kappa shape index (κ2) is 4.38. The number of hydrogen-bond donors (Lipinski definition) is 2. The van der Waals surface area contributed by atoms with E-state index in [1.807, 2.05) is 0 Å². The van der Waals surface area contributed by atoms with Crippen LogP contribution in [0.4, 0.5) is 0 Å². The van der Waals surface area contributed by atoms with Crippen LogP contribution in [0, 0.1) is 0 Å². The minimum absolute atomic E-state index is 0.313. The Balaban J connectivity index is 2.26. The van der Waals surface area contributed by atoms with Gasteiger partial charge in [-0.05, 0) is 6.42 Å². The average molecular weight is 221 g/mol. The van der Waals surface area contributed by atoms with Gasteiger partial charge in [-0.1, -0.05) is 5.16 Å². The molecule has 0 saturated carbocycles. The first-order valence-corrected chi connectivity index (χ1v) is 5.86. The van der Waals surface area contributed by atoms with E-state index in [1.54, 1.807) is 0 Å². The summed E-state index contributed by atoms with van der Waals surface area (Å²) in [5.74, 6) is -0.179. The molecule has 0 aliphatic rings. The molecular weight excluding hydrogens is 210 g/mol. The fourth-order valence-corrected chi connectivity index (χ4v) is 1.40. The molecule has 0 radical (unpaired) electrons. The van der Waals surface area contributed by atoms with Gasteiger partial charge in [0.2, 0.25) is 10.0 Å². The van der Waals surface area contributed by atoms with Crippen molar-refractivity contribution in [1.82, 2.24) is 14.9 Å². The van der Waals surface area contributed by atoms with Crippen LogP contribution in [0.5, 0.6) is 0 Å². The van der Waals surface area contributed by atoms with Crippen molar-refractivity contribution in [2.45, 2.75) is 12.8 Å². The quantitative estimate of drug-likeness (QED) is 0.610. The van der Waals surface area contributed by atoms with E-state index in [9.17, 15) is 13.2 Å². The Bertz CT molecular complexity index is 432. The maximum absolute atomic E-state index is 10.6. The number of aromatic amines is 1. The molecule has 8 heteroatoms. The molecule has 0 aliphatic heterocycles. The highest BCUT2D eigenvalue weighted by molar-refractivity contribution is 7.88. The molecule has 0 amide bonds. The van der Waals surface area contributed by atoms with Gasteiger partial charge >= 0.3 is 5.76 Å². The first-order chi connectivity index (χ1) is 6.47. The lowest BCUT2D eigenvalue weighted by atomic mass is 10.3. The van der Waals surface area contributed by atoms with Crippen molar-refractivity contribution in [2.24, 2.45) is 0 Å². The van der Waals surface area contributed by atoms with Crippen molar-refractivity contribution < 1.29 is 12.9 Å². The minimum atomic E-state index is -3.14.